The Morgan fingerprint density at radius 1 is 0.959 bits per heavy atom. The average molecular weight is 689 g/mol. The molecule has 1 aliphatic rings. The van der Waals surface area contributed by atoms with Gasteiger partial charge in [0.2, 0.25) is 0 Å². The van der Waals surface area contributed by atoms with Crippen LogP contribution in [0.15, 0.2) is 106 Å². The van der Waals surface area contributed by atoms with E-state index in [-0.39, 0.29) is 11.5 Å². The summed E-state index contributed by atoms with van der Waals surface area (Å²) in [6, 6.07) is 27.3. The first-order valence-corrected chi connectivity index (χ1v) is 17.6. The van der Waals surface area contributed by atoms with Gasteiger partial charge in [-0.3, -0.25) is 14.2 Å². The number of halogens is 1. The molecule has 9 heteroatoms. The van der Waals surface area contributed by atoms with E-state index < -0.39 is 6.04 Å². The molecule has 1 amide bonds. The van der Waals surface area contributed by atoms with Gasteiger partial charge in [0.15, 0.2) is 4.80 Å². The first-order chi connectivity index (χ1) is 23.8. The third-order valence-electron chi connectivity index (χ3n) is 9.57. The molecule has 0 N–H and O–H groups in total. The van der Waals surface area contributed by atoms with E-state index in [1.54, 1.807) is 16.6 Å². The Kier molecular flexibility index (Phi) is 8.77. The molecule has 7 rings (SSSR count). The molecule has 0 saturated heterocycles. The highest BCUT2D eigenvalue weighted by Gasteiger charge is 2.36. The summed E-state index contributed by atoms with van der Waals surface area (Å²) in [5.41, 5.74) is 5.69. The number of nitrogens with zero attached hydrogens (tertiary/aromatic N) is 4. The Bertz CT molecular complexity index is 2490. The van der Waals surface area contributed by atoms with E-state index in [0.29, 0.717) is 51.0 Å². The maximum absolute atomic E-state index is 14.8. The SMILES string of the molecule is CCN(CC)C(=O)C1=C(C)N=c2s/c(=C/c3c(C)n(Cc4ccccc4Cl)c4ccccc34)c(=O)n2[C@H]1c1c(OC)ccc2ccccc12. The van der Waals surface area contributed by atoms with Gasteiger partial charge in [-0.05, 0) is 68.3 Å². The molecule has 6 aromatic rings. The molecule has 0 saturated carbocycles. The fourth-order valence-electron chi connectivity index (χ4n) is 7.06. The van der Waals surface area contributed by atoms with E-state index in [1.807, 2.05) is 99.6 Å². The Morgan fingerprint density at radius 3 is 2.39 bits per heavy atom. The number of benzene rings is 4. The minimum Gasteiger partial charge on any atom is -0.496 e. The van der Waals surface area contributed by atoms with Gasteiger partial charge in [-0.2, -0.15) is 0 Å². The topological polar surface area (TPSA) is 68.8 Å². The average Bonchev–Trinajstić information content (AvgIpc) is 3.56. The predicted octanol–water partition coefficient (Wildman–Crippen LogP) is 7.23. The highest BCUT2D eigenvalue weighted by atomic mass is 35.5. The summed E-state index contributed by atoms with van der Waals surface area (Å²) in [5.74, 6) is 0.468. The second-order valence-electron chi connectivity index (χ2n) is 12.2. The standard InChI is InChI=1S/C40H37ClN4O3S/c1-6-43(7-2)39(47)35-24(3)42-40-45(37(35)36-28-16-10-8-14-26(28)20-21-33(36)48-5)38(46)34(49-40)22-30-25(4)44(32-19-13-11-17-29(30)32)23-27-15-9-12-18-31(27)41/h8-22,37H,6-7,23H2,1-5H3/b34-22+/t37-/m1/s1. The normalized spacial score (nSPS) is 14.7. The summed E-state index contributed by atoms with van der Waals surface area (Å²) in [6.07, 6.45) is 1.98. The van der Waals surface area contributed by atoms with Crippen molar-refractivity contribution < 1.29 is 9.53 Å². The second-order valence-corrected chi connectivity index (χ2v) is 13.6. The van der Waals surface area contributed by atoms with Gasteiger partial charge in [0, 0.05) is 52.4 Å². The number of thiazole rings is 1. The van der Waals surface area contributed by atoms with Crippen LogP contribution in [0.2, 0.25) is 5.02 Å². The van der Waals surface area contributed by atoms with Crippen LogP contribution in [0.1, 0.15) is 49.2 Å². The van der Waals surface area contributed by atoms with Crippen molar-refractivity contribution in [1.29, 1.82) is 0 Å². The molecule has 49 heavy (non-hydrogen) atoms. The summed E-state index contributed by atoms with van der Waals surface area (Å²) < 4.78 is 10.4. The van der Waals surface area contributed by atoms with Gasteiger partial charge in [0.05, 0.1) is 22.9 Å². The lowest BCUT2D eigenvalue weighted by Gasteiger charge is -2.30. The number of ether oxygens (including phenoxy) is 1. The second kappa shape index (κ2) is 13.2. The molecular weight excluding hydrogens is 652 g/mol. The molecule has 0 radical (unpaired) electrons. The molecule has 4 aromatic carbocycles. The van der Waals surface area contributed by atoms with Gasteiger partial charge in [-0.25, -0.2) is 4.99 Å². The number of aromatic nitrogens is 2. The van der Waals surface area contributed by atoms with Crippen LogP contribution >= 0.6 is 22.9 Å². The van der Waals surface area contributed by atoms with E-state index in [0.717, 1.165) is 44.1 Å². The maximum atomic E-state index is 14.8. The third kappa shape index (κ3) is 5.49. The van der Waals surface area contributed by atoms with Crippen LogP contribution in [0.3, 0.4) is 0 Å². The van der Waals surface area contributed by atoms with E-state index in [9.17, 15) is 9.59 Å². The van der Waals surface area contributed by atoms with Crippen LogP contribution in [0.4, 0.5) is 0 Å². The zero-order valence-corrected chi connectivity index (χ0v) is 29.7. The molecule has 248 valence electrons. The summed E-state index contributed by atoms with van der Waals surface area (Å²) in [7, 11) is 1.63. The zero-order chi connectivity index (χ0) is 34.4. The van der Waals surface area contributed by atoms with Crippen LogP contribution < -0.4 is 19.6 Å². The van der Waals surface area contributed by atoms with E-state index in [1.165, 1.54) is 11.3 Å². The molecule has 0 unspecified atom stereocenters. The number of carbonyl (C=O) groups excluding carboxylic acids is 1. The number of carbonyl (C=O) groups is 1. The van der Waals surface area contributed by atoms with E-state index in [4.69, 9.17) is 21.3 Å². The number of allylic oxidation sites excluding steroid dienone is 1. The van der Waals surface area contributed by atoms with Gasteiger partial charge >= 0.3 is 0 Å². The molecule has 0 aliphatic carbocycles. The fourth-order valence-corrected chi connectivity index (χ4v) is 8.28. The highest BCUT2D eigenvalue weighted by molar-refractivity contribution is 7.07. The fraction of sp³-hybridized carbons (Fsp3) is 0.225. The predicted molar refractivity (Wildman–Crippen MR) is 199 cm³/mol. The smallest absolute Gasteiger partial charge is 0.271 e. The third-order valence-corrected chi connectivity index (χ3v) is 10.9. The monoisotopic (exact) mass is 688 g/mol. The highest BCUT2D eigenvalue weighted by Crippen LogP contribution is 2.40. The quantitative estimate of drug-likeness (QED) is 0.170. The molecule has 0 fully saturated rings. The molecule has 2 aromatic heterocycles. The van der Waals surface area contributed by atoms with Crippen molar-refractivity contribution in [2.45, 2.75) is 40.3 Å². The lowest BCUT2D eigenvalue weighted by atomic mass is 9.90. The molecular formula is C40H37ClN4O3S. The van der Waals surface area contributed by atoms with Crippen LogP contribution in [0.5, 0.6) is 5.75 Å². The van der Waals surface area contributed by atoms with Crippen LogP contribution in [-0.4, -0.2) is 40.1 Å². The number of para-hydroxylation sites is 1. The Balaban J connectivity index is 1.49. The molecule has 1 aliphatic heterocycles. The van der Waals surface area contributed by atoms with Crippen molar-refractivity contribution in [2.75, 3.05) is 20.2 Å². The van der Waals surface area contributed by atoms with Crippen molar-refractivity contribution >= 4 is 56.6 Å². The van der Waals surface area contributed by atoms with Gasteiger partial charge in [0.1, 0.15) is 11.8 Å². The number of rotatable bonds is 8. The van der Waals surface area contributed by atoms with E-state index >= 15 is 0 Å². The molecule has 7 nitrogen and oxygen atoms in total. The van der Waals surface area contributed by atoms with Gasteiger partial charge in [-0.1, -0.05) is 89.7 Å². The first kappa shape index (κ1) is 32.6. The molecule has 0 bridgehead atoms. The number of methoxy groups -OCH3 is 1. The number of likely N-dealkylation sites (N-methyl/N-ethyl adjacent to an activating group) is 1. The summed E-state index contributed by atoms with van der Waals surface area (Å²) in [5, 5.41) is 3.66. The largest absolute Gasteiger partial charge is 0.496 e. The van der Waals surface area contributed by atoms with Crippen LogP contribution in [-0.2, 0) is 11.3 Å². The van der Waals surface area contributed by atoms with Crippen LogP contribution in [0.25, 0.3) is 27.8 Å². The number of fused-ring (bicyclic) bond motifs is 3. The zero-order valence-electron chi connectivity index (χ0n) is 28.2. The Morgan fingerprint density at radius 2 is 1.65 bits per heavy atom. The van der Waals surface area contributed by atoms with Gasteiger partial charge < -0.3 is 14.2 Å². The van der Waals surface area contributed by atoms with Crippen molar-refractivity contribution in [1.82, 2.24) is 14.0 Å². The van der Waals surface area contributed by atoms with E-state index in [2.05, 4.69) is 23.6 Å². The van der Waals surface area contributed by atoms with Crippen molar-refractivity contribution in [3.8, 4) is 5.75 Å². The Hall–Kier alpha value is -4.92. The van der Waals surface area contributed by atoms with Crippen molar-refractivity contribution in [3.05, 3.63) is 143 Å². The van der Waals surface area contributed by atoms with Crippen LogP contribution in [0, 0.1) is 6.92 Å². The summed E-state index contributed by atoms with van der Waals surface area (Å²) >= 11 is 7.93. The lowest BCUT2D eigenvalue weighted by Crippen LogP contribution is -2.43. The van der Waals surface area contributed by atoms with Gasteiger partial charge in [0.25, 0.3) is 11.5 Å². The van der Waals surface area contributed by atoms with Crippen molar-refractivity contribution in [3.63, 3.8) is 0 Å². The van der Waals surface area contributed by atoms with Crippen molar-refractivity contribution in [2.24, 2.45) is 4.99 Å². The number of hydrogen-bond acceptors (Lipinski definition) is 5. The summed E-state index contributed by atoms with van der Waals surface area (Å²) in [6.45, 7) is 9.54. The molecule has 3 heterocycles. The summed E-state index contributed by atoms with van der Waals surface area (Å²) in [4.78, 5) is 36.3. The Labute approximate surface area is 293 Å². The molecule has 1 atom stereocenters. The lowest BCUT2D eigenvalue weighted by molar-refractivity contribution is -0.127. The minimum absolute atomic E-state index is 0.140. The first-order valence-electron chi connectivity index (χ1n) is 16.5. The minimum atomic E-state index is -0.741. The van der Waals surface area contributed by atoms with Gasteiger partial charge in [-0.15, -0.1) is 0 Å². The molecule has 0 spiro atoms. The maximum Gasteiger partial charge on any atom is 0.271 e. The number of amides is 1. The number of hydrogen-bond donors (Lipinski definition) is 0.